The van der Waals surface area contributed by atoms with Crippen LogP contribution in [0.5, 0.6) is 0 Å². The Bertz CT molecular complexity index is 1480. The minimum Gasteiger partial charge on any atom is -0.756 e. The van der Waals surface area contributed by atoms with Crippen LogP contribution in [0.1, 0.15) is 12.6 Å². The van der Waals surface area contributed by atoms with Crippen molar-refractivity contribution in [3.8, 4) is 0 Å². The number of esters is 1. The summed E-state index contributed by atoms with van der Waals surface area (Å²) < 4.78 is 53.1. The quantitative estimate of drug-likeness (QED) is 0.0630. The average molecular weight is 741 g/mol. The number of hydrogen-bond donors (Lipinski definition) is 6. The Morgan fingerprint density at radius 1 is 0.957 bits per heavy atom. The first-order valence-electron chi connectivity index (χ1n) is 12.2. The van der Waals surface area contributed by atoms with Gasteiger partial charge < -0.3 is 74.2 Å². The second-order valence-corrected chi connectivity index (χ2v) is 12.2. The van der Waals surface area contributed by atoms with E-state index in [0.717, 1.165) is 6.33 Å². The molecule has 28 heteroatoms. The normalized spacial score (nSPS) is 30.2. The van der Waals surface area contributed by atoms with Gasteiger partial charge in [-0.15, -0.1) is 0 Å². The maximum Gasteiger partial charge on any atom is 1.00 e. The molecular weight excluding hydrogens is 717 g/mol. The smallest absolute Gasteiger partial charge is 0.756 e. The number of nitrogen functional groups attached to an aromatic ring is 1. The third kappa shape index (κ3) is 11.4. The fourth-order valence-electron chi connectivity index (χ4n) is 4.08. The summed E-state index contributed by atoms with van der Waals surface area (Å²) in [6, 6.07) is 0. The molecule has 0 saturated carbocycles. The second-order valence-electron chi connectivity index (χ2n) is 9.25. The zero-order chi connectivity index (χ0) is 32.6. The molecule has 4 heterocycles. The average Bonchev–Trinajstić information content (AvgIpc) is 3.56. The summed E-state index contributed by atoms with van der Waals surface area (Å²) in [6.45, 7) is -2.23. The van der Waals surface area contributed by atoms with Crippen LogP contribution >= 0.6 is 15.6 Å². The number of carboxylic acids is 1. The first-order chi connectivity index (χ1) is 20.5. The van der Waals surface area contributed by atoms with Crippen molar-refractivity contribution in [2.75, 3.05) is 18.9 Å². The molecule has 0 radical (unpaired) electrons. The maximum absolute atomic E-state index is 12.2. The minimum absolute atomic E-state index is 0. The van der Waals surface area contributed by atoms with Gasteiger partial charge in [0.15, 0.2) is 30.1 Å². The van der Waals surface area contributed by atoms with Crippen molar-refractivity contribution in [2.24, 2.45) is 0 Å². The first kappa shape index (κ1) is 45.3. The predicted octanol–water partition coefficient (Wildman–Crippen LogP) is -15.5. The molecule has 11 atom stereocenters. The number of aliphatic hydroxyl groups is 5. The van der Waals surface area contributed by atoms with Gasteiger partial charge in [-0.1, -0.05) is 0 Å². The van der Waals surface area contributed by atoms with Crippen LogP contribution in [0.2, 0.25) is 0 Å². The first-order valence-corrected chi connectivity index (χ1v) is 15.1. The maximum atomic E-state index is 12.2. The molecule has 0 spiro atoms. The third-order valence-corrected chi connectivity index (χ3v) is 8.74. The molecule has 3 unspecified atom stereocenters. The number of carbonyl (C=O) groups is 2. The number of nitrogens with two attached hydrogens (primary N) is 1. The third-order valence-electron chi connectivity index (χ3n) is 6.20. The number of aliphatic hydroxyl groups excluding tert-OH is 5. The minimum atomic E-state index is -5.79. The molecule has 23 nitrogen and oxygen atoms in total. The topological polar surface area (TPSA) is 364 Å². The van der Waals surface area contributed by atoms with Crippen LogP contribution in [-0.4, -0.2) is 119 Å². The number of phosphoric ester groups is 2. The van der Waals surface area contributed by atoms with E-state index in [-0.39, 0.29) is 106 Å². The molecule has 2 saturated heterocycles. The van der Waals surface area contributed by atoms with E-state index in [1.807, 2.05) is 0 Å². The van der Waals surface area contributed by atoms with E-state index in [0.29, 0.717) is 0 Å². The number of nitrogens with zero attached hydrogens (tertiary/aromatic N) is 4. The zero-order valence-corrected chi connectivity index (χ0v) is 32.6. The molecule has 0 aromatic carbocycles. The van der Waals surface area contributed by atoms with Gasteiger partial charge in [0, 0.05) is 0 Å². The van der Waals surface area contributed by atoms with E-state index in [1.54, 1.807) is 0 Å². The molecule has 4 rings (SSSR count). The van der Waals surface area contributed by atoms with Gasteiger partial charge in [0.25, 0.3) is 15.6 Å². The van der Waals surface area contributed by atoms with Crippen molar-refractivity contribution in [1.82, 2.24) is 19.5 Å². The van der Waals surface area contributed by atoms with E-state index < -0.39 is 102 Å². The SMILES string of the molecule is Nc1ncnc2c1ncn2[C@@H]1O[C@H](COP(=O)([O-])OP(=O)([O-])OC[C@H]2OC(O)[C@H](OC(=O)C[C@H](O)C(=O)[O-])[C@@H]2O)[C@@H](O)[C@H]1O.[Na+].[Na+].[Na+]. The van der Waals surface area contributed by atoms with Crippen LogP contribution in [0.3, 0.4) is 0 Å². The van der Waals surface area contributed by atoms with Gasteiger partial charge in [-0.25, -0.2) is 19.3 Å². The van der Waals surface area contributed by atoms with E-state index in [2.05, 4.69) is 33.0 Å². The molecule has 0 bridgehead atoms. The summed E-state index contributed by atoms with van der Waals surface area (Å²) in [5.41, 5.74) is 5.97. The summed E-state index contributed by atoms with van der Waals surface area (Å²) in [5.74, 6) is -3.39. The Labute approximate surface area is 329 Å². The van der Waals surface area contributed by atoms with E-state index in [9.17, 15) is 54.0 Å². The van der Waals surface area contributed by atoms with Gasteiger partial charge in [0.05, 0.1) is 31.9 Å². The summed E-state index contributed by atoms with van der Waals surface area (Å²) >= 11 is 0. The molecule has 2 aliphatic heterocycles. The number of rotatable bonds is 13. The molecule has 0 amide bonds. The van der Waals surface area contributed by atoms with Crippen LogP contribution in [0.25, 0.3) is 11.2 Å². The van der Waals surface area contributed by atoms with Crippen molar-refractivity contribution in [1.29, 1.82) is 0 Å². The number of phosphoric acid groups is 2. The van der Waals surface area contributed by atoms with E-state index in [4.69, 9.17) is 20.3 Å². The Morgan fingerprint density at radius 3 is 2.11 bits per heavy atom. The summed E-state index contributed by atoms with van der Waals surface area (Å²) in [7, 11) is -11.5. The van der Waals surface area contributed by atoms with Crippen LogP contribution in [0, 0.1) is 0 Å². The monoisotopic (exact) mass is 741 g/mol. The van der Waals surface area contributed by atoms with Gasteiger partial charge in [-0.2, -0.15) is 0 Å². The van der Waals surface area contributed by atoms with Crippen molar-refractivity contribution in [3.05, 3.63) is 12.7 Å². The number of ether oxygens (including phenoxy) is 3. The zero-order valence-electron chi connectivity index (χ0n) is 24.8. The van der Waals surface area contributed by atoms with Gasteiger partial charge in [-0.05, 0) is 0 Å². The van der Waals surface area contributed by atoms with Crippen LogP contribution in [0.15, 0.2) is 12.7 Å². The number of aromatic nitrogens is 4. The van der Waals surface area contributed by atoms with Crippen molar-refractivity contribution >= 4 is 44.6 Å². The van der Waals surface area contributed by atoms with Crippen LogP contribution in [-0.2, 0) is 46.3 Å². The number of fused-ring (bicyclic) bond motifs is 1. The molecular formula is C19H24N5Na3O18P2. The van der Waals surface area contributed by atoms with E-state index in [1.165, 1.54) is 10.9 Å². The fraction of sp³-hybridized carbons (Fsp3) is 0.632. The number of carbonyl (C=O) groups excluding carboxylic acids is 2. The van der Waals surface area contributed by atoms with Crippen molar-refractivity contribution in [3.63, 3.8) is 0 Å². The molecule has 246 valence electrons. The van der Waals surface area contributed by atoms with Gasteiger partial charge in [0.2, 0.25) is 0 Å². The van der Waals surface area contributed by atoms with E-state index >= 15 is 0 Å². The summed E-state index contributed by atoms with van der Waals surface area (Å²) in [4.78, 5) is 58.2. The molecule has 2 fully saturated rings. The number of anilines is 1. The molecule has 47 heavy (non-hydrogen) atoms. The standard InChI is InChI=1S/C19H27N5O18P2.3Na/c20-15-10-16(22-4-21-15)24(5-23-10)17-13(29)11(27)7(39-17)2-37-43(33,34)42-44(35,36)38-3-8-12(28)14(19(32)40-8)41-9(26)1-6(25)18(30)31;;;/h4-8,11-14,17,19,25,27-29,32H,1-3H2,(H,30,31)(H,33,34)(H,35,36)(H2,20,21,22);;;/q;3*+1/p-3/t6-,7+,8+,11+,12+,13+,14+,17+,19?;;;/m0.../s1. The summed E-state index contributed by atoms with van der Waals surface area (Å²) in [6.07, 6.45) is -15.1. The van der Waals surface area contributed by atoms with Gasteiger partial charge in [0.1, 0.15) is 48.5 Å². The Morgan fingerprint density at radius 2 is 1.53 bits per heavy atom. The summed E-state index contributed by atoms with van der Waals surface area (Å²) in [5, 5.41) is 60.4. The van der Waals surface area contributed by atoms with Crippen LogP contribution < -0.4 is 109 Å². The van der Waals surface area contributed by atoms with Gasteiger partial charge >= 0.3 is 94.6 Å². The number of hydrogen-bond acceptors (Lipinski definition) is 22. The van der Waals surface area contributed by atoms with Crippen molar-refractivity contribution < 1.29 is 175 Å². The van der Waals surface area contributed by atoms with Gasteiger partial charge in [-0.3, -0.25) is 18.5 Å². The number of carboxylic acid groups (broad SMARTS) is 1. The number of aliphatic carboxylic acids is 1. The fourth-order valence-corrected chi connectivity index (χ4v) is 6.09. The Hall–Kier alpha value is 0.270. The molecule has 2 aliphatic rings. The number of imidazole rings is 1. The molecule has 2 aromatic heterocycles. The Balaban J connectivity index is 0.00000368. The van der Waals surface area contributed by atoms with Crippen LogP contribution in [0.4, 0.5) is 5.82 Å². The molecule has 0 aliphatic carbocycles. The largest absolute Gasteiger partial charge is 1.00 e. The Kier molecular flexibility index (Phi) is 18.0. The molecule has 7 N–H and O–H groups in total. The van der Waals surface area contributed by atoms with Crippen molar-refractivity contribution in [2.45, 2.75) is 61.7 Å². The molecule has 2 aromatic rings. The predicted molar refractivity (Wildman–Crippen MR) is 126 cm³/mol. The second kappa shape index (κ2) is 18.7.